The number of para-hydroxylation sites is 1. The van der Waals surface area contributed by atoms with Gasteiger partial charge in [-0.1, -0.05) is 12.1 Å². The van der Waals surface area contributed by atoms with Crippen LogP contribution in [0.25, 0.3) is 0 Å². The van der Waals surface area contributed by atoms with Crippen LogP contribution in [0.1, 0.15) is 26.3 Å². The van der Waals surface area contributed by atoms with E-state index in [2.05, 4.69) is 42.0 Å². The Morgan fingerprint density at radius 1 is 1.41 bits per heavy atom. The summed E-state index contributed by atoms with van der Waals surface area (Å²) in [4.78, 5) is 0. The van der Waals surface area contributed by atoms with E-state index >= 15 is 0 Å². The molecule has 1 N–H and O–H groups in total. The Morgan fingerprint density at radius 3 is 2.71 bits per heavy atom. The molecule has 0 aromatic heterocycles. The van der Waals surface area contributed by atoms with Gasteiger partial charge in [0.1, 0.15) is 11.8 Å². The van der Waals surface area contributed by atoms with Crippen molar-refractivity contribution in [3.63, 3.8) is 0 Å². The van der Waals surface area contributed by atoms with Crippen molar-refractivity contribution in [1.29, 1.82) is 5.26 Å². The average molecular weight is 297 g/mol. The summed E-state index contributed by atoms with van der Waals surface area (Å²) in [6.07, 6.45) is 0. The molecule has 0 atom stereocenters. The van der Waals surface area contributed by atoms with Crippen LogP contribution in [0.2, 0.25) is 0 Å². The lowest BCUT2D eigenvalue weighted by molar-refractivity contribution is 0.355. The Bertz CT molecular complexity index is 418. The summed E-state index contributed by atoms with van der Waals surface area (Å²) in [5.41, 5.74) is 1.10. The van der Waals surface area contributed by atoms with Crippen molar-refractivity contribution in [2.45, 2.75) is 32.9 Å². The van der Waals surface area contributed by atoms with Crippen LogP contribution in [-0.2, 0) is 6.54 Å². The summed E-state index contributed by atoms with van der Waals surface area (Å²) in [6.45, 7) is 7.11. The van der Waals surface area contributed by atoms with Crippen molar-refractivity contribution < 1.29 is 4.74 Å². The molecular formula is C13H17BrN2O. The number of ether oxygens (including phenoxy) is 1. The third-order valence-electron chi connectivity index (χ3n) is 2.14. The molecule has 0 heterocycles. The standard InChI is InChI=1S/C13H17BrN2O/c1-13(2,3)16-9-10-5-4-6-11(14)12(10)17-8-7-15/h4-6,16H,8-9H2,1-3H3. The zero-order valence-electron chi connectivity index (χ0n) is 10.4. The molecule has 0 saturated carbocycles. The van der Waals surface area contributed by atoms with Crippen molar-refractivity contribution in [1.82, 2.24) is 5.32 Å². The van der Waals surface area contributed by atoms with Crippen molar-refractivity contribution in [2.24, 2.45) is 0 Å². The van der Waals surface area contributed by atoms with E-state index in [1.54, 1.807) is 0 Å². The number of benzene rings is 1. The number of rotatable bonds is 4. The molecule has 92 valence electrons. The number of nitriles is 1. The first-order chi connectivity index (χ1) is 7.94. The molecule has 4 heteroatoms. The molecule has 1 aromatic rings. The minimum atomic E-state index is 0.0504. The monoisotopic (exact) mass is 296 g/mol. The molecule has 0 unspecified atom stereocenters. The summed E-state index contributed by atoms with van der Waals surface area (Å²) < 4.78 is 6.31. The molecule has 1 rings (SSSR count). The first-order valence-electron chi connectivity index (χ1n) is 5.46. The highest BCUT2D eigenvalue weighted by atomic mass is 79.9. The number of nitrogens with zero attached hydrogens (tertiary/aromatic N) is 1. The van der Waals surface area contributed by atoms with Crippen LogP contribution in [0.4, 0.5) is 0 Å². The van der Waals surface area contributed by atoms with Crippen LogP contribution < -0.4 is 10.1 Å². The molecule has 3 nitrogen and oxygen atoms in total. The molecule has 0 aliphatic rings. The topological polar surface area (TPSA) is 45.0 Å². The van der Waals surface area contributed by atoms with Gasteiger partial charge in [0, 0.05) is 17.6 Å². The van der Waals surface area contributed by atoms with Gasteiger partial charge in [-0.15, -0.1) is 0 Å². The van der Waals surface area contributed by atoms with E-state index in [4.69, 9.17) is 10.00 Å². The SMILES string of the molecule is CC(C)(C)NCc1cccc(Br)c1OCC#N. The van der Waals surface area contributed by atoms with Crippen LogP contribution in [0.3, 0.4) is 0 Å². The van der Waals surface area contributed by atoms with Gasteiger partial charge in [-0.3, -0.25) is 0 Å². The maximum absolute atomic E-state index is 8.56. The molecule has 0 saturated heterocycles. The lowest BCUT2D eigenvalue weighted by Crippen LogP contribution is -2.35. The number of nitrogens with one attached hydrogen (secondary N) is 1. The second-order valence-corrected chi connectivity index (χ2v) is 5.63. The zero-order chi connectivity index (χ0) is 12.9. The average Bonchev–Trinajstić information content (AvgIpc) is 2.24. The van der Waals surface area contributed by atoms with Gasteiger partial charge in [-0.25, -0.2) is 0 Å². The first-order valence-corrected chi connectivity index (χ1v) is 6.25. The fraction of sp³-hybridized carbons (Fsp3) is 0.462. The van der Waals surface area contributed by atoms with Crippen LogP contribution in [0.5, 0.6) is 5.75 Å². The Kier molecular flexibility index (Phi) is 4.98. The first kappa shape index (κ1) is 14.0. The van der Waals surface area contributed by atoms with Gasteiger partial charge < -0.3 is 10.1 Å². The molecule has 1 aromatic carbocycles. The third kappa shape index (κ3) is 4.76. The highest BCUT2D eigenvalue weighted by Crippen LogP contribution is 2.29. The number of hydrogen-bond donors (Lipinski definition) is 1. The van der Waals surface area contributed by atoms with Gasteiger partial charge in [-0.2, -0.15) is 5.26 Å². The van der Waals surface area contributed by atoms with E-state index < -0.39 is 0 Å². The van der Waals surface area contributed by atoms with E-state index in [9.17, 15) is 0 Å². The van der Waals surface area contributed by atoms with Crippen molar-refractivity contribution in [3.8, 4) is 11.8 Å². The largest absolute Gasteiger partial charge is 0.477 e. The normalized spacial score (nSPS) is 11.0. The predicted molar refractivity (Wildman–Crippen MR) is 71.8 cm³/mol. The van der Waals surface area contributed by atoms with Gasteiger partial charge in [0.2, 0.25) is 0 Å². The second-order valence-electron chi connectivity index (χ2n) is 4.78. The molecule has 0 spiro atoms. The number of halogens is 1. The van der Waals surface area contributed by atoms with Crippen LogP contribution in [0.15, 0.2) is 22.7 Å². The molecule has 0 fully saturated rings. The van der Waals surface area contributed by atoms with E-state index in [0.29, 0.717) is 6.54 Å². The summed E-state index contributed by atoms with van der Waals surface area (Å²) in [5, 5.41) is 12.0. The minimum Gasteiger partial charge on any atom is -0.477 e. The highest BCUT2D eigenvalue weighted by molar-refractivity contribution is 9.10. The van der Waals surface area contributed by atoms with E-state index in [1.807, 2.05) is 24.3 Å². The summed E-state index contributed by atoms with van der Waals surface area (Å²) >= 11 is 3.44. The molecule has 17 heavy (non-hydrogen) atoms. The van der Waals surface area contributed by atoms with Gasteiger partial charge >= 0.3 is 0 Å². The maximum Gasteiger partial charge on any atom is 0.174 e. The summed E-state index contributed by atoms with van der Waals surface area (Å²) in [7, 11) is 0. The maximum atomic E-state index is 8.56. The molecule has 0 aliphatic heterocycles. The van der Waals surface area contributed by atoms with Crippen LogP contribution in [0, 0.1) is 11.3 Å². The summed E-state index contributed by atoms with van der Waals surface area (Å²) in [5.74, 6) is 0.741. The van der Waals surface area contributed by atoms with E-state index in [-0.39, 0.29) is 12.1 Å². The van der Waals surface area contributed by atoms with Crippen molar-refractivity contribution in [2.75, 3.05) is 6.61 Å². The fourth-order valence-electron chi connectivity index (χ4n) is 1.32. The lowest BCUT2D eigenvalue weighted by Gasteiger charge is -2.21. The van der Waals surface area contributed by atoms with Gasteiger partial charge in [0.15, 0.2) is 6.61 Å². The predicted octanol–water partition coefficient (Wildman–Crippen LogP) is 3.24. The van der Waals surface area contributed by atoms with Crippen molar-refractivity contribution in [3.05, 3.63) is 28.2 Å². The fourth-order valence-corrected chi connectivity index (χ4v) is 1.84. The zero-order valence-corrected chi connectivity index (χ0v) is 12.0. The Labute approximate surface area is 111 Å². The summed E-state index contributed by atoms with van der Waals surface area (Å²) in [6, 6.07) is 7.85. The van der Waals surface area contributed by atoms with Crippen molar-refractivity contribution >= 4 is 15.9 Å². The molecule has 0 amide bonds. The molecule has 0 bridgehead atoms. The third-order valence-corrected chi connectivity index (χ3v) is 2.76. The minimum absolute atomic E-state index is 0.0504. The lowest BCUT2D eigenvalue weighted by atomic mass is 10.1. The Morgan fingerprint density at radius 2 is 2.12 bits per heavy atom. The van der Waals surface area contributed by atoms with Gasteiger partial charge in [0.25, 0.3) is 0 Å². The van der Waals surface area contributed by atoms with Gasteiger partial charge in [0.05, 0.1) is 4.47 Å². The van der Waals surface area contributed by atoms with Crippen LogP contribution in [-0.4, -0.2) is 12.1 Å². The quantitative estimate of drug-likeness (QED) is 0.928. The Balaban J connectivity index is 2.83. The van der Waals surface area contributed by atoms with E-state index in [0.717, 1.165) is 15.8 Å². The van der Waals surface area contributed by atoms with Crippen LogP contribution >= 0.6 is 15.9 Å². The van der Waals surface area contributed by atoms with E-state index in [1.165, 1.54) is 0 Å². The molecule has 0 radical (unpaired) electrons. The molecular weight excluding hydrogens is 280 g/mol. The highest BCUT2D eigenvalue weighted by Gasteiger charge is 2.12. The Hall–Kier alpha value is -1.05. The second kappa shape index (κ2) is 6.04. The van der Waals surface area contributed by atoms with Gasteiger partial charge in [-0.05, 0) is 42.8 Å². The smallest absolute Gasteiger partial charge is 0.174 e. The molecule has 0 aliphatic carbocycles. The number of hydrogen-bond acceptors (Lipinski definition) is 3.